The number of hydrogen-bond acceptors (Lipinski definition) is 3. The summed E-state index contributed by atoms with van der Waals surface area (Å²) in [6.07, 6.45) is 1.47. The second kappa shape index (κ2) is 6.46. The predicted octanol–water partition coefficient (Wildman–Crippen LogP) is 2.52. The maximum absolute atomic E-state index is 12.5. The zero-order valence-electron chi connectivity index (χ0n) is 11.9. The summed E-state index contributed by atoms with van der Waals surface area (Å²) in [4.78, 5) is 12.5. The molecule has 1 aliphatic rings. The lowest BCUT2D eigenvalue weighted by atomic mass is 9.91. The standard InChI is InChI=1S/C15H20ClNO3/c1-11-3-4-13(19-2)12(9-11)14(18)17-15(10-16)5-7-20-8-6-15/h3-4,9H,5-8,10H2,1-2H3,(H,17,18). The molecule has 2 rings (SSSR count). The molecule has 0 spiro atoms. The summed E-state index contributed by atoms with van der Waals surface area (Å²) in [6.45, 7) is 3.19. The molecule has 20 heavy (non-hydrogen) atoms. The Kier molecular flexibility index (Phi) is 4.89. The summed E-state index contributed by atoms with van der Waals surface area (Å²) in [5.74, 6) is 0.814. The molecule has 0 unspecified atom stereocenters. The normalized spacial score (nSPS) is 17.6. The molecular weight excluding hydrogens is 278 g/mol. The van der Waals surface area contributed by atoms with E-state index >= 15 is 0 Å². The third-order valence-electron chi connectivity index (χ3n) is 3.68. The average molecular weight is 298 g/mol. The molecule has 1 fully saturated rings. The summed E-state index contributed by atoms with van der Waals surface area (Å²) >= 11 is 6.07. The van der Waals surface area contributed by atoms with Gasteiger partial charge in [0.1, 0.15) is 5.75 Å². The molecule has 0 saturated carbocycles. The van der Waals surface area contributed by atoms with Gasteiger partial charge in [-0.05, 0) is 31.9 Å². The van der Waals surface area contributed by atoms with Gasteiger partial charge in [-0.3, -0.25) is 4.79 Å². The number of carbonyl (C=O) groups excluding carboxylic acids is 1. The highest BCUT2D eigenvalue weighted by molar-refractivity contribution is 6.19. The van der Waals surface area contributed by atoms with Gasteiger partial charge in [0.05, 0.1) is 18.2 Å². The monoisotopic (exact) mass is 297 g/mol. The molecule has 0 radical (unpaired) electrons. The first-order chi connectivity index (χ1) is 9.60. The molecule has 1 aliphatic heterocycles. The van der Waals surface area contributed by atoms with E-state index in [0.29, 0.717) is 30.4 Å². The highest BCUT2D eigenvalue weighted by atomic mass is 35.5. The van der Waals surface area contributed by atoms with E-state index in [-0.39, 0.29) is 11.4 Å². The molecule has 1 saturated heterocycles. The van der Waals surface area contributed by atoms with Crippen molar-refractivity contribution in [1.82, 2.24) is 5.32 Å². The van der Waals surface area contributed by atoms with Crippen LogP contribution in [0.3, 0.4) is 0 Å². The third-order valence-corrected chi connectivity index (χ3v) is 4.20. The number of rotatable bonds is 4. The first-order valence-corrected chi connectivity index (χ1v) is 7.24. The maximum Gasteiger partial charge on any atom is 0.255 e. The SMILES string of the molecule is COc1ccc(C)cc1C(=O)NC1(CCl)CCOCC1. The molecule has 110 valence electrons. The van der Waals surface area contributed by atoms with Gasteiger partial charge in [-0.1, -0.05) is 11.6 Å². The van der Waals surface area contributed by atoms with Crippen LogP contribution in [0, 0.1) is 6.92 Å². The Labute approximate surface area is 124 Å². The van der Waals surface area contributed by atoms with Crippen molar-refractivity contribution in [3.63, 3.8) is 0 Å². The molecule has 0 aliphatic carbocycles. The van der Waals surface area contributed by atoms with Crippen molar-refractivity contribution >= 4 is 17.5 Å². The Balaban J connectivity index is 2.20. The van der Waals surface area contributed by atoms with Gasteiger partial charge in [0, 0.05) is 19.1 Å². The van der Waals surface area contributed by atoms with Gasteiger partial charge < -0.3 is 14.8 Å². The van der Waals surface area contributed by atoms with E-state index in [0.717, 1.165) is 18.4 Å². The smallest absolute Gasteiger partial charge is 0.255 e. The summed E-state index contributed by atoms with van der Waals surface area (Å²) < 4.78 is 10.6. The lowest BCUT2D eigenvalue weighted by Gasteiger charge is -2.36. The largest absolute Gasteiger partial charge is 0.496 e. The van der Waals surface area contributed by atoms with Crippen molar-refractivity contribution in [3.8, 4) is 5.75 Å². The van der Waals surface area contributed by atoms with Gasteiger partial charge in [0.2, 0.25) is 0 Å². The van der Waals surface area contributed by atoms with Crippen LogP contribution in [0.1, 0.15) is 28.8 Å². The fraction of sp³-hybridized carbons (Fsp3) is 0.533. The van der Waals surface area contributed by atoms with Gasteiger partial charge in [-0.15, -0.1) is 11.6 Å². The minimum Gasteiger partial charge on any atom is -0.496 e. The molecule has 1 amide bonds. The molecule has 1 heterocycles. The minimum atomic E-state index is -0.383. The highest BCUT2D eigenvalue weighted by Crippen LogP contribution is 2.25. The van der Waals surface area contributed by atoms with Crippen molar-refractivity contribution in [1.29, 1.82) is 0 Å². The Morgan fingerprint density at radius 1 is 1.45 bits per heavy atom. The van der Waals surface area contributed by atoms with Crippen molar-refractivity contribution in [2.75, 3.05) is 26.2 Å². The van der Waals surface area contributed by atoms with Crippen LogP contribution < -0.4 is 10.1 Å². The number of halogens is 1. The first-order valence-electron chi connectivity index (χ1n) is 6.71. The molecular formula is C15H20ClNO3. The number of amides is 1. The maximum atomic E-state index is 12.5. The fourth-order valence-electron chi connectivity index (χ4n) is 2.36. The van der Waals surface area contributed by atoms with Crippen LogP contribution in [0.15, 0.2) is 18.2 Å². The van der Waals surface area contributed by atoms with Gasteiger partial charge in [0.25, 0.3) is 5.91 Å². The number of alkyl halides is 1. The molecule has 1 N–H and O–H groups in total. The predicted molar refractivity (Wildman–Crippen MR) is 78.7 cm³/mol. The van der Waals surface area contributed by atoms with Gasteiger partial charge in [-0.2, -0.15) is 0 Å². The van der Waals surface area contributed by atoms with Crippen molar-refractivity contribution in [2.45, 2.75) is 25.3 Å². The fourth-order valence-corrected chi connectivity index (χ4v) is 2.70. The first kappa shape index (κ1) is 15.1. The average Bonchev–Trinajstić information content (AvgIpc) is 2.48. The van der Waals surface area contributed by atoms with Crippen molar-refractivity contribution < 1.29 is 14.3 Å². The Morgan fingerprint density at radius 2 is 2.15 bits per heavy atom. The van der Waals surface area contributed by atoms with Crippen LogP contribution in [-0.4, -0.2) is 37.6 Å². The number of aryl methyl sites for hydroxylation is 1. The van der Waals surface area contributed by atoms with Crippen LogP contribution in [0.5, 0.6) is 5.75 Å². The van der Waals surface area contributed by atoms with E-state index in [9.17, 15) is 4.79 Å². The van der Waals surface area contributed by atoms with Gasteiger partial charge in [-0.25, -0.2) is 0 Å². The van der Waals surface area contributed by atoms with E-state index in [4.69, 9.17) is 21.1 Å². The molecule has 0 atom stereocenters. The summed E-state index contributed by atoms with van der Waals surface area (Å²) in [6, 6.07) is 5.55. The number of hydrogen-bond donors (Lipinski definition) is 1. The highest BCUT2D eigenvalue weighted by Gasteiger charge is 2.34. The van der Waals surface area contributed by atoms with Crippen LogP contribution >= 0.6 is 11.6 Å². The van der Waals surface area contributed by atoms with E-state index < -0.39 is 0 Å². The summed E-state index contributed by atoms with van der Waals surface area (Å²) in [7, 11) is 1.56. The Bertz CT molecular complexity index is 484. The van der Waals surface area contributed by atoms with E-state index in [1.807, 2.05) is 25.1 Å². The Hall–Kier alpha value is -1.26. The van der Waals surface area contributed by atoms with Crippen LogP contribution in [0.2, 0.25) is 0 Å². The molecule has 0 aromatic heterocycles. The van der Waals surface area contributed by atoms with Crippen LogP contribution in [-0.2, 0) is 4.74 Å². The van der Waals surface area contributed by atoms with Crippen molar-refractivity contribution in [2.24, 2.45) is 0 Å². The minimum absolute atomic E-state index is 0.145. The lowest BCUT2D eigenvalue weighted by Crippen LogP contribution is -2.53. The number of ether oxygens (including phenoxy) is 2. The Morgan fingerprint density at radius 3 is 2.75 bits per heavy atom. The summed E-state index contributed by atoms with van der Waals surface area (Å²) in [5, 5.41) is 3.07. The zero-order valence-corrected chi connectivity index (χ0v) is 12.6. The van der Waals surface area contributed by atoms with E-state index in [1.165, 1.54) is 0 Å². The second-order valence-electron chi connectivity index (χ2n) is 5.18. The molecule has 1 aromatic rings. The number of nitrogens with one attached hydrogen (secondary N) is 1. The third kappa shape index (κ3) is 3.25. The van der Waals surface area contributed by atoms with E-state index in [1.54, 1.807) is 7.11 Å². The molecule has 4 nitrogen and oxygen atoms in total. The van der Waals surface area contributed by atoms with Gasteiger partial charge in [0.15, 0.2) is 0 Å². The molecule has 1 aromatic carbocycles. The topological polar surface area (TPSA) is 47.6 Å². The molecule has 5 heteroatoms. The van der Waals surface area contributed by atoms with Crippen LogP contribution in [0.4, 0.5) is 0 Å². The second-order valence-corrected chi connectivity index (χ2v) is 5.45. The number of carbonyl (C=O) groups is 1. The number of benzene rings is 1. The van der Waals surface area contributed by atoms with Gasteiger partial charge >= 0.3 is 0 Å². The van der Waals surface area contributed by atoms with Crippen molar-refractivity contribution in [3.05, 3.63) is 29.3 Å². The molecule has 0 bridgehead atoms. The lowest BCUT2D eigenvalue weighted by molar-refractivity contribution is 0.0433. The van der Waals surface area contributed by atoms with Crippen LogP contribution in [0.25, 0.3) is 0 Å². The van der Waals surface area contributed by atoms with E-state index in [2.05, 4.69) is 5.32 Å². The number of methoxy groups -OCH3 is 1. The summed E-state index contributed by atoms with van der Waals surface area (Å²) in [5.41, 5.74) is 1.18. The quantitative estimate of drug-likeness (QED) is 0.869. The zero-order chi connectivity index (χ0) is 14.6.